The average molecular weight is 256 g/mol. The fraction of sp³-hybridized carbons (Fsp3) is 1.00. The molecule has 0 aromatic heterocycles. The zero-order valence-electron chi connectivity index (χ0n) is 12.6. The van der Waals surface area contributed by atoms with Crippen molar-refractivity contribution < 1.29 is 4.74 Å². The third-order valence-corrected chi connectivity index (χ3v) is 3.89. The number of ether oxygens (including phenoxy) is 1. The summed E-state index contributed by atoms with van der Waals surface area (Å²) < 4.78 is 5.40. The van der Waals surface area contributed by atoms with Gasteiger partial charge in [-0.15, -0.1) is 0 Å². The predicted octanol–water partition coefficient (Wildman–Crippen LogP) is 2.51. The molecule has 1 N–H and O–H groups in total. The zero-order valence-corrected chi connectivity index (χ0v) is 12.6. The Balaban J connectivity index is 1.97. The van der Waals surface area contributed by atoms with Crippen LogP contribution in [0.2, 0.25) is 0 Å². The standard InChI is InChI=1S/C15H32N2O/c1-4-16-14(2)7-5-6-10-17(3)13-15-8-11-18-12-9-15/h14-16H,4-13H2,1-3H3. The Bertz CT molecular complexity index is 193. The summed E-state index contributed by atoms with van der Waals surface area (Å²) in [6.45, 7) is 10.00. The van der Waals surface area contributed by atoms with E-state index in [2.05, 4.69) is 31.1 Å². The van der Waals surface area contributed by atoms with Crippen LogP contribution in [-0.4, -0.2) is 50.8 Å². The molecule has 0 spiro atoms. The normalized spacial score (nSPS) is 19.3. The molecule has 1 heterocycles. The summed E-state index contributed by atoms with van der Waals surface area (Å²) in [7, 11) is 2.27. The van der Waals surface area contributed by atoms with Gasteiger partial charge in [-0.2, -0.15) is 0 Å². The minimum absolute atomic E-state index is 0.677. The van der Waals surface area contributed by atoms with Gasteiger partial charge in [0.15, 0.2) is 0 Å². The lowest BCUT2D eigenvalue weighted by Gasteiger charge is -2.27. The van der Waals surface area contributed by atoms with E-state index in [1.807, 2.05) is 0 Å². The van der Waals surface area contributed by atoms with Crippen LogP contribution in [0, 0.1) is 5.92 Å². The summed E-state index contributed by atoms with van der Waals surface area (Å²) in [6, 6.07) is 0.677. The van der Waals surface area contributed by atoms with Gasteiger partial charge in [-0.1, -0.05) is 13.3 Å². The van der Waals surface area contributed by atoms with Crippen molar-refractivity contribution in [2.75, 3.05) is 39.9 Å². The van der Waals surface area contributed by atoms with Crippen LogP contribution in [0.25, 0.3) is 0 Å². The molecule has 0 saturated carbocycles. The minimum Gasteiger partial charge on any atom is -0.381 e. The maximum atomic E-state index is 5.40. The number of hydrogen-bond acceptors (Lipinski definition) is 3. The number of unbranched alkanes of at least 4 members (excludes halogenated alkanes) is 1. The smallest absolute Gasteiger partial charge is 0.0469 e. The topological polar surface area (TPSA) is 24.5 Å². The molecule has 0 aromatic rings. The molecule has 1 atom stereocenters. The predicted molar refractivity (Wildman–Crippen MR) is 78.0 cm³/mol. The summed E-state index contributed by atoms with van der Waals surface area (Å²) in [5.74, 6) is 0.865. The number of hydrogen-bond donors (Lipinski definition) is 1. The molecule has 108 valence electrons. The second kappa shape index (κ2) is 9.76. The van der Waals surface area contributed by atoms with E-state index in [1.54, 1.807) is 0 Å². The molecule has 1 fully saturated rings. The second-order valence-corrected chi connectivity index (χ2v) is 5.77. The van der Waals surface area contributed by atoms with Gasteiger partial charge < -0.3 is 15.0 Å². The molecule has 1 aliphatic rings. The van der Waals surface area contributed by atoms with Crippen molar-refractivity contribution in [3.05, 3.63) is 0 Å². The first-order valence-corrected chi connectivity index (χ1v) is 7.72. The highest BCUT2D eigenvalue weighted by atomic mass is 16.5. The van der Waals surface area contributed by atoms with Crippen molar-refractivity contribution in [3.63, 3.8) is 0 Å². The van der Waals surface area contributed by atoms with E-state index >= 15 is 0 Å². The van der Waals surface area contributed by atoms with Gasteiger partial charge in [0.1, 0.15) is 0 Å². The van der Waals surface area contributed by atoms with Crippen molar-refractivity contribution in [3.8, 4) is 0 Å². The van der Waals surface area contributed by atoms with E-state index in [4.69, 9.17) is 4.74 Å². The van der Waals surface area contributed by atoms with Gasteiger partial charge in [0.25, 0.3) is 0 Å². The quantitative estimate of drug-likeness (QED) is 0.642. The Morgan fingerprint density at radius 3 is 2.67 bits per heavy atom. The summed E-state index contributed by atoms with van der Waals surface area (Å²) in [5, 5.41) is 3.47. The van der Waals surface area contributed by atoms with Gasteiger partial charge in [-0.3, -0.25) is 0 Å². The first-order valence-electron chi connectivity index (χ1n) is 7.72. The van der Waals surface area contributed by atoms with Crippen molar-refractivity contribution in [1.29, 1.82) is 0 Å². The van der Waals surface area contributed by atoms with Crippen LogP contribution in [0.3, 0.4) is 0 Å². The van der Waals surface area contributed by atoms with E-state index in [9.17, 15) is 0 Å². The highest BCUT2D eigenvalue weighted by Crippen LogP contribution is 2.15. The van der Waals surface area contributed by atoms with Gasteiger partial charge in [-0.05, 0) is 58.7 Å². The first-order chi connectivity index (χ1) is 8.72. The largest absolute Gasteiger partial charge is 0.381 e. The number of nitrogens with one attached hydrogen (secondary N) is 1. The van der Waals surface area contributed by atoms with Gasteiger partial charge in [0.05, 0.1) is 0 Å². The van der Waals surface area contributed by atoms with Crippen LogP contribution in [0.1, 0.15) is 46.0 Å². The van der Waals surface area contributed by atoms with Crippen molar-refractivity contribution in [2.45, 2.75) is 52.0 Å². The maximum absolute atomic E-state index is 5.40. The Kier molecular flexibility index (Phi) is 8.64. The summed E-state index contributed by atoms with van der Waals surface area (Å²) in [6.07, 6.45) is 6.48. The second-order valence-electron chi connectivity index (χ2n) is 5.77. The zero-order chi connectivity index (χ0) is 13.2. The minimum atomic E-state index is 0.677. The van der Waals surface area contributed by atoms with Gasteiger partial charge in [-0.25, -0.2) is 0 Å². The molecular formula is C15H32N2O. The molecule has 0 bridgehead atoms. The Morgan fingerprint density at radius 2 is 2.00 bits per heavy atom. The van der Waals surface area contributed by atoms with E-state index in [1.165, 1.54) is 45.2 Å². The molecule has 0 aromatic carbocycles. The molecule has 1 rings (SSSR count). The van der Waals surface area contributed by atoms with Crippen LogP contribution >= 0.6 is 0 Å². The lowest BCUT2D eigenvalue weighted by atomic mass is 10.00. The van der Waals surface area contributed by atoms with E-state index in [0.29, 0.717) is 6.04 Å². The lowest BCUT2D eigenvalue weighted by Crippen LogP contribution is -2.30. The molecular weight excluding hydrogens is 224 g/mol. The van der Waals surface area contributed by atoms with Crippen LogP contribution in [-0.2, 0) is 4.74 Å². The fourth-order valence-corrected chi connectivity index (χ4v) is 2.74. The molecule has 0 radical (unpaired) electrons. The monoisotopic (exact) mass is 256 g/mol. The fourth-order valence-electron chi connectivity index (χ4n) is 2.74. The van der Waals surface area contributed by atoms with Gasteiger partial charge in [0, 0.05) is 25.8 Å². The maximum Gasteiger partial charge on any atom is 0.0469 e. The van der Waals surface area contributed by atoms with Crippen molar-refractivity contribution in [2.24, 2.45) is 5.92 Å². The SMILES string of the molecule is CCNC(C)CCCCN(C)CC1CCOCC1. The molecule has 1 aliphatic heterocycles. The molecule has 18 heavy (non-hydrogen) atoms. The lowest BCUT2D eigenvalue weighted by molar-refractivity contribution is 0.0555. The average Bonchev–Trinajstić information content (AvgIpc) is 2.36. The van der Waals surface area contributed by atoms with Crippen LogP contribution in [0.5, 0.6) is 0 Å². The van der Waals surface area contributed by atoms with E-state index in [0.717, 1.165) is 25.7 Å². The van der Waals surface area contributed by atoms with Crippen LogP contribution in [0.4, 0.5) is 0 Å². The highest BCUT2D eigenvalue weighted by molar-refractivity contribution is 4.67. The Morgan fingerprint density at radius 1 is 1.28 bits per heavy atom. The Labute approximate surface area is 113 Å². The first kappa shape index (κ1) is 15.9. The summed E-state index contributed by atoms with van der Waals surface area (Å²) in [4.78, 5) is 2.51. The van der Waals surface area contributed by atoms with Crippen LogP contribution in [0.15, 0.2) is 0 Å². The molecule has 3 heteroatoms. The Hall–Kier alpha value is -0.120. The molecule has 0 aliphatic carbocycles. The van der Waals surface area contributed by atoms with Crippen molar-refractivity contribution in [1.82, 2.24) is 10.2 Å². The third kappa shape index (κ3) is 7.34. The molecule has 1 unspecified atom stereocenters. The van der Waals surface area contributed by atoms with Crippen molar-refractivity contribution >= 4 is 0 Å². The van der Waals surface area contributed by atoms with Gasteiger partial charge in [0.2, 0.25) is 0 Å². The summed E-state index contributed by atoms with van der Waals surface area (Å²) >= 11 is 0. The molecule has 3 nitrogen and oxygen atoms in total. The van der Waals surface area contributed by atoms with E-state index in [-0.39, 0.29) is 0 Å². The summed E-state index contributed by atoms with van der Waals surface area (Å²) in [5.41, 5.74) is 0. The number of nitrogens with zero attached hydrogens (tertiary/aromatic N) is 1. The number of rotatable bonds is 9. The third-order valence-electron chi connectivity index (χ3n) is 3.89. The highest BCUT2D eigenvalue weighted by Gasteiger charge is 2.15. The molecule has 0 amide bonds. The van der Waals surface area contributed by atoms with Gasteiger partial charge >= 0.3 is 0 Å². The van der Waals surface area contributed by atoms with Crippen LogP contribution < -0.4 is 5.32 Å². The molecule has 1 saturated heterocycles. The van der Waals surface area contributed by atoms with E-state index < -0.39 is 0 Å².